The molecule has 1 aromatic rings. The summed E-state index contributed by atoms with van der Waals surface area (Å²) in [4.78, 5) is 19.8. The molecule has 4 atom stereocenters. The van der Waals surface area contributed by atoms with Gasteiger partial charge in [-0.1, -0.05) is 37.1 Å². The monoisotopic (exact) mass is 384 g/mol. The molecule has 2 fully saturated rings. The molecule has 1 aromatic carbocycles. The molecule has 4 rings (SSSR count). The molecule has 0 aromatic heterocycles. The lowest BCUT2D eigenvalue weighted by Gasteiger charge is -2.28. The Balaban J connectivity index is 0.00000109. The highest BCUT2D eigenvalue weighted by atomic mass is 16.5. The van der Waals surface area contributed by atoms with E-state index in [4.69, 9.17) is 9.53 Å². The Hall–Kier alpha value is -1.48. The van der Waals surface area contributed by atoms with Crippen molar-refractivity contribution in [3.05, 3.63) is 35.4 Å². The molecular formula is C25H36O3. The van der Waals surface area contributed by atoms with Crippen LogP contribution in [0.5, 0.6) is 0 Å². The highest BCUT2D eigenvalue weighted by Gasteiger charge is 2.39. The molecular weight excluding hydrogens is 348 g/mol. The van der Waals surface area contributed by atoms with Crippen LogP contribution in [-0.4, -0.2) is 25.8 Å². The zero-order valence-corrected chi connectivity index (χ0v) is 17.2. The van der Waals surface area contributed by atoms with Crippen LogP contribution in [0.25, 0.3) is 0 Å². The lowest BCUT2D eigenvalue weighted by Crippen LogP contribution is -2.24. The van der Waals surface area contributed by atoms with Crippen molar-refractivity contribution in [3.8, 4) is 0 Å². The number of ketones is 1. The fraction of sp³-hybridized carbons (Fsp3) is 0.680. The van der Waals surface area contributed by atoms with Gasteiger partial charge in [0.15, 0.2) is 0 Å². The van der Waals surface area contributed by atoms with Gasteiger partial charge in [0.25, 0.3) is 0 Å². The molecule has 28 heavy (non-hydrogen) atoms. The molecule has 0 N–H and O–H groups in total. The van der Waals surface area contributed by atoms with Gasteiger partial charge in [-0.3, -0.25) is 4.79 Å². The number of ether oxygens (including phenoxy) is 1. The van der Waals surface area contributed by atoms with E-state index in [0.29, 0.717) is 11.7 Å². The number of hydrogen-bond donors (Lipinski definition) is 0. The van der Waals surface area contributed by atoms with Crippen LogP contribution in [0.15, 0.2) is 24.3 Å². The van der Waals surface area contributed by atoms with E-state index in [-0.39, 0.29) is 0 Å². The second kappa shape index (κ2) is 10.9. The van der Waals surface area contributed by atoms with Crippen LogP contribution < -0.4 is 0 Å². The summed E-state index contributed by atoms with van der Waals surface area (Å²) in [5, 5.41) is 0. The summed E-state index contributed by atoms with van der Waals surface area (Å²) in [5.41, 5.74) is 3.07. The topological polar surface area (TPSA) is 43.4 Å². The SMILES string of the molecule is C=O.O=C1CCC2CCC(CCCCOCC3CCc4ccccc4C3)C2C1. The molecule has 3 nitrogen and oxygen atoms in total. The fourth-order valence-electron chi connectivity index (χ4n) is 5.78. The molecule has 3 aliphatic rings. The summed E-state index contributed by atoms with van der Waals surface area (Å²) in [6.07, 6.45) is 13.1. The minimum absolute atomic E-state index is 0.524. The van der Waals surface area contributed by atoms with Gasteiger partial charge in [-0.2, -0.15) is 0 Å². The summed E-state index contributed by atoms with van der Waals surface area (Å²) in [6, 6.07) is 8.88. The fourth-order valence-corrected chi connectivity index (χ4v) is 5.78. The quantitative estimate of drug-likeness (QED) is 0.608. The summed E-state index contributed by atoms with van der Waals surface area (Å²) in [6.45, 7) is 3.84. The average Bonchev–Trinajstić information content (AvgIpc) is 3.14. The van der Waals surface area contributed by atoms with Gasteiger partial charge in [0.1, 0.15) is 12.6 Å². The highest BCUT2D eigenvalue weighted by molar-refractivity contribution is 5.79. The Bertz CT molecular complexity index is 626. The third-order valence-electron chi connectivity index (χ3n) is 7.29. The van der Waals surface area contributed by atoms with Gasteiger partial charge in [-0.05, 0) is 79.7 Å². The predicted molar refractivity (Wildman–Crippen MR) is 112 cm³/mol. The third-order valence-corrected chi connectivity index (χ3v) is 7.29. The third kappa shape index (κ3) is 5.53. The molecule has 0 radical (unpaired) electrons. The number of unbranched alkanes of at least 4 members (excludes halogenated alkanes) is 1. The standard InChI is InChI=1S/C24H34O2.CH2O/c25-23-13-12-21-11-10-20(24(21)16-23)6-3-4-14-26-17-18-8-9-19-5-1-2-7-22(19)15-18;1-2/h1-2,5,7,18,20-21,24H,3-4,6,8-17H2;1H2. The zero-order chi connectivity index (χ0) is 19.8. The molecule has 0 bridgehead atoms. The first-order chi connectivity index (χ1) is 13.8. The Kier molecular flexibility index (Phi) is 8.27. The number of aryl methyl sites for hydroxylation is 1. The van der Waals surface area contributed by atoms with Crippen molar-refractivity contribution in [2.45, 2.75) is 70.6 Å². The van der Waals surface area contributed by atoms with Crippen LogP contribution in [-0.2, 0) is 27.2 Å². The van der Waals surface area contributed by atoms with Gasteiger partial charge in [0.2, 0.25) is 0 Å². The molecule has 0 spiro atoms. The van der Waals surface area contributed by atoms with Crippen molar-refractivity contribution in [1.29, 1.82) is 0 Å². The summed E-state index contributed by atoms with van der Waals surface area (Å²) in [5.74, 6) is 3.63. The molecule has 0 aliphatic heterocycles. The number of carbonyl (C=O) groups excluding carboxylic acids is 2. The second-order valence-corrected chi connectivity index (χ2v) is 8.99. The minimum atomic E-state index is 0.524. The van der Waals surface area contributed by atoms with Crippen molar-refractivity contribution >= 4 is 12.6 Å². The number of Topliss-reactive ketones (excluding diaryl/α,β-unsaturated/α-hetero) is 1. The van der Waals surface area contributed by atoms with E-state index in [1.807, 2.05) is 6.79 Å². The van der Waals surface area contributed by atoms with E-state index in [1.165, 1.54) is 63.4 Å². The van der Waals surface area contributed by atoms with E-state index >= 15 is 0 Å². The van der Waals surface area contributed by atoms with Gasteiger partial charge in [-0.15, -0.1) is 0 Å². The molecule has 0 amide bonds. The second-order valence-electron chi connectivity index (χ2n) is 8.99. The molecule has 4 unspecified atom stereocenters. The smallest absolute Gasteiger partial charge is 0.133 e. The lowest BCUT2D eigenvalue weighted by atomic mass is 9.76. The summed E-state index contributed by atoms with van der Waals surface area (Å²) < 4.78 is 6.02. The number of carbonyl (C=O) groups is 2. The Morgan fingerprint density at radius 2 is 1.75 bits per heavy atom. The Morgan fingerprint density at radius 1 is 0.929 bits per heavy atom. The van der Waals surface area contributed by atoms with Crippen molar-refractivity contribution in [2.24, 2.45) is 23.7 Å². The largest absolute Gasteiger partial charge is 0.381 e. The first kappa shape index (κ1) is 21.2. The summed E-state index contributed by atoms with van der Waals surface area (Å²) >= 11 is 0. The summed E-state index contributed by atoms with van der Waals surface area (Å²) in [7, 11) is 0. The highest BCUT2D eigenvalue weighted by Crippen LogP contribution is 2.46. The van der Waals surface area contributed by atoms with Crippen LogP contribution in [0.4, 0.5) is 0 Å². The van der Waals surface area contributed by atoms with Crippen LogP contribution in [0, 0.1) is 23.7 Å². The average molecular weight is 385 g/mol. The van der Waals surface area contributed by atoms with E-state index in [9.17, 15) is 4.79 Å². The van der Waals surface area contributed by atoms with Gasteiger partial charge < -0.3 is 9.53 Å². The molecule has 154 valence electrons. The van der Waals surface area contributed by atoms with Crippen LogP contribution in [0.3, 0.4) is 0 Å². The maximum atomic E-state index is 11.8. The number of rotatable bonds is 7. The maximum absolute atomic E-state index is 11.8. The first-order valence-electron chi connectivity index (χ1n) is 11.2. The van der Waals surface area contributed by atoms with E-state index < -0.39 is 0 Å². The lowest BCUT2D eigenvalue weighted by molar-refractivity contribution is -0.122. The maximum Gasteiger partial charge on any atom is 0.133 e. The zero-order valence-electron chi connectivity index (χ0n) is 17.2. The predicted octanol–water partition coefficient (Wildman–Crippen LogP) is 5.19. The number of fused-ring (bicyclic) bond motifs is 2. The first-order valence-corrected chi connectivity index (χ1v) is 11.2. The molecule has 0 heterocycles. The molecule has 0 saturated heterocycles. The van der Waals surface area contributed by atoms with Crippen molar-refractivity contribution < 1.29 is 14.3 Å². The molecule has 2 saturated carbocycles. The normalized spacial score (nSPS) is 28.8. The van der Waals surface area contributed by atoms with Gasteiger partial charge in [-0.25, -0.2) is 0 Å². The van der Waals surface area contributed by atoms with Gasteiger partial charge in [0, 0.05) is 26.1 Å². The Labute approximate surface area is 170 Å². The minimum Gasteiger partial charge on any atom is -0.381 e. The van der Waals surface area contributed by atoms with E-state index in [1.54, 1.807) is 5.56 Å². The number of hydrogen-bond acceptors (Lipinski definition) is 3. The van der Waals surface area contributed by atoms with Crippen molar-refractivity contribution in [3.63, 3.8) is 0 Å². The number of benzene rings is 1. The molecule has 3 heteroatoms. The van der Waals surface area contributed by atoms with E-state index in [2.05, 4.69) is 24.3 Å². The van der Waals surface area contributed by atoms with Crippen molar-refractivity contribution in [1.82, 2.24) is 0 Å². The Morgan fingerprint density at radius 3 is 2.61 bits per heavy atom. The van der Waals surface area contributed by atoms with Gasteiger partial charge in [0.05, 0.1) is 0 Å². The van der Waals surface area contributed by atoms with Gasteiger partial charge >= 0.3 is 0 Å². The van der Waals surface area contributed by atoms with Crippen LogP contribution in [0.1, 0.15) is 68.9 Å². The van der Waals surface area contributed by atoms with Crippen molar-refractivity contribution in [2.75, 3.05) is 13.2 Å². The van der Waals surface area contributed by atoms with Crippen LogP contribution in [0.2, 0.25) is 0 Å². The van der Waals surface area contributed by atoms with E-state index in [0.717, 1.165) is 43.8 Å². The molecule has 3 aliphatic carbocycles. The van der Waals surface area contributed by atoms with Crippen LogP contribution >= 0.6 is 0 Å².